The molecule has 1 aromatic carbocycles. The Bertz CT molecular complexity index is 865. The number of benzene rings is 1. The minimum absolute atomic E-state index is 0.141. The summed E-state index contributed by atoms with van der Waals surface area (Å²) in [6, 6.07) is 9.82. The van der Waals surface area contributed by atoms with Crippen LogP contribution < -0.4 is 0 Å². The highest BCUT2D eigenvalue weighted by Gasteiger charge is 2.19. The minimum atomic E-state index is -2.71. The van der Waals surface area contributed by atoms with Gasteiger partial charge >= 0.3 is 12.5 Å². The van der Waals surface area contributed by atoms with Gasteiger partial charge in [-0.15, -0.1) is 0 Å². The molecule has 3 aromatic rings. The Labute approximate surface area is 140 Å². The van der Waals surface area contributed by atoms with Crippen molar-refractivity contribution in [2.24, 2.45) is 0 Å². The first-order valence-corrected chi connectivity index (χ1v) is 7.98. The molecule has 0 aliphatic carbocycles. The molecular formula is C16H13F2N3O2S. The normalized spacial score (nSPS) is 11.2. The number of hydrogen-bond acceptors (Lipinski definition) is 5. The van der Waals surface area contributed by atoms with Crippen LogP contribution in [-0.4, -0.2) is 27.1 Å². The third kappa shape index (κ3) is 3.23. The molecule has 2 heterocycles. The molecule has 0 N–H and O–H groups in total. The number of aromatic nitrogens is 3. The Morgan fingerprint density at radius 3 is 2.75 bits per heavy atom. The van der Waals surface area contributed by atoms with Gasteiger partial charge in [0, 0.05) is 6.20 Å². The molecule has 0 unspecified atom stereocenters. The molecule has 0 spiro atoms. The Morgan fingerprint density at radius 2 is 2.08 bits per heavy atom. The van der Waals surface area contributed by atoms with Crippen molar-refractivity contribution < 1.29 is 18.3 Å². The van der Waals surface area contributed by atoms with Gasteiger partial charge in [0.25, 0.3) is 0 Å². The van der Waals surface area contributed by atoms with E-state index in [1.807, 2.05) is 0 Å². The zero-order valence-corrected chi connectivity index (χ0v) is 13.5. The van der Waals surface area contributed by atoms with E-state index in [-0.39, 0.29) is 11.8 Å². The second-order valence-corrected chi connectivity index (χ2v) is 5.73. The number of carbonyl (C=O) groups excluding carboxylic acids is 1. The van der Waals surface area contributed by atoms with Crippen molar-refractivity contribution in [3.63, 3.8) is 0 Å². The van der Waals surface area contributed by atoms with Crippen molar-refractivity contribution in [1.82, 2.24) is 14.5 Å². The van der Waals surface area contributed by atoms with Crippen molar-refractivity contribution in [2.75, 3.05) is 6.61 Å². The fourth-order valence-electron chi connectivity index (χ4n) is 2.15. The second-order valence-electron chi connectivity index (χ2n) is 4.74. The van der Waals surface area contributed by atoms with Crippen LogP contribution in [0.1, 0.15) is 23.8 Å². The molecule has 0 fully saturated rings. The average molecular weight is 349 g/mol. The van der Waals surface area contributed by atoms with Gasteiger partial charge < -0.3 is 4.74 Å². The number of ether oxygens (including phenoxy) is 1. The van der Waals surface area contributed by atoms with E-state index in [2.05, 4.69) is 9.97 Å². The van der Waals surface area contributed by atoms with Crippen LogP contribution in [0, 0.1) is 0 Å². The van der Waals surface area contributed by atoms with Crippen molar-refractivity contribution >= 4 is 28.8 Å². The maximum absolute atomic E-state index is 13.4. The van der Waals surface area contributed by atoms with Gasteiger partial charge in [0.2, 0.25) is 0 Å². The number of esters is 1. The van der Waals surface area contributed by atoms with Crippen molar-refractivity contribution in [3.05, 3.63) is 48.2 Å². The van der Waals surface area contributed by atoms with Gasteiger partial charge in [0.15, 0.2) is 5.16 Å². The van der Waals surface area contributed by atoms with Crippen LogP contribution in [0.2, 0.25) is 0 Å². The van der Waals surface area contributed by atoms with Crippen molar-refractivity contribution in [2.45, 2.75) is 23.7 Å². The van der Waals surface area contributed by atoms with Crippen LogP contribution in [0.25, 0.3) is 11.0 Å². The predicted octanol–water partition coefficient (Wildman–Crippen LogP) is 4.15. The molecule has 24 heavy (non-hydrogen) atoms. The SMILES string of the molecule is CCOC(=O)c1ccc(Sc2nc3ccccc3n2C(F)F)nc1. The molecule has 0 saturated heterocycles. The lowest BCUT2D eigenvalue weighted by Crippen LogP contribution is -2.05. The molecule has 0 amide bonds. The van der Waals surface area contributed by atoms with E-state index < -0.39 is 12.5 Å². The van der Waals surface area contributed by atoms with Gasteiger partial charge in [-0.2, -0.15) is 8.78 Å². The fourth-order valence-corrected chi connectivity index (χ4v) is 3.00. The van der Waals surface area contributed by atoms with Crippen LogP contribution in [0.5, 0.6) is 0 Å². The van der Waals surface area contributed by atoms with Crippen molar-refractivity contribution in [3.8, 4) is 0 Å². The first-order chi connectivity index (χ1) is 11.6. The number of para-hydroxylation sites is 2. The summed E-state index contributed by atoms with van der Waals surface area (Å²) in [5.74, 6) is -0.471. The lowest BCUT2D eigenvalue weighted by atomic mass is 10.3. The maximum atomic E-state index is 13.4. The molecule has 8 heteroatoms. The standard InChI is InChI=1S/C16H13F2N3O2S/c1-2-23-14(22)10-7-8-13(19-9-10)24-16-20-11-5-3-4-6-12(11)21(16)15(17)18/h3-9,15H,2H2,1H3. The first kappa shape index (κ1) is 16.4. The number of imidazole rings is 1. The number of halogens is 2. The number of carbonyl (C=O) groups is 1. The molecule has 0 atom stereocenters. The lowest BCUT2D eigenvalue weighted by Gasteiger charge is -2.07. The summed E-state index contributed by atoms with van der Waals surface area (Å²) in [6.45, 7) is -0.725. The monoisotopic (exact) mass is 349 g/mol. The number of hydrogen-bond donors (Lipinski definition) is 0. The highest BCUT2D eigenvalue weighted by molar-refractivity contribution is 7.99. The van der Waals surface area contributed by atoms with Crippen LogP contribution in [0.3, 0.4) is 0 Å². The molecular weight excluding hydrogens is 336 g/mol. The maximum Gasteiger partial charge on any atom is 0.339 e. The van der Waals surface area contributed by atoms with E-state index in [1.165, 1.54) is 6.20 Å². The van der Waals surface area contributed by atoms with Gasteiger partial charge in [-0.3, -0.25) is 4.57 Å². The van der Waals surface area contributed by atoms with E-state index in [0.29, 0.717) is 21.6 Å². The average Bonchev–Trinajstić information content (AvgIpc) is 2.93. The summed E-state index contributed by atoms with van der Waals surface area (Å²) in [5, 5.41) is 0.600. The number of rotatable bonds is 5. The molecule has 0 saturated carbocycles. The van der Waals surface area contributed by atoms with Gasteiger partial charge in [0.05, 0.1) is 23.2 Å². The predicted molar refractivity (Wildman–Crippen MR) is 85.3 cm³/mol. The summed E-state index contributed by atoms with van der Waals surface area (Å²) >= 11 is 1.01. The highest BCUT2D eigenvalue weighted by Crippen LogP contribution is 2.32. The van der Waals surface area contributed by atoms with Gasteiger partial charge in [0.1, 0.15) is 5.03 Å². The summed E-state index contributed by atoms with van der Waals surface area (Å²) in [5.41, 5.74) is 1.16. The van der Waals surface area contributed by atoms with Gasteiger partial charge in [-0.1, -0.05) is 12.1 Å². The zero-order chi connectivity index (χ0) is 17.1. The van der Waals surface area contributed by atoms with Crippen LogP contribution in [0.15, 0.2) is 52.8 Å². The number of alkyl halides is 2. The second kappa shape index (κ2) is 6.96. The molecule has 3 rings (SSSR count). The number of nitrogens with zero attached hydrogens (tertiary/aromatic N) is 3. The molecule has 2 aromatic heterocycles. The summed E-state index contributed by atoms with van der Waals surface area (Å²) in [4.78, 5) is 19.9. The minimum Gasteiger partial charge on any atom is -0.462 e. The largest absolute Gasteiger partial charge is 0.462 e. The van der Waals surface area contributed by atoms with Gasteiger partial charge in [-0.25, -0.2) is 14.8 Å². The number of fused-ring (bicyclic) bond motifs is 1. The molecule has 0 aliphatic heterocycles. The summed E-state index contributed by atoms with van der Waals surface area (Å²) in [7, 11) is 0. The van der Waals surface area contributed by atoms with Crippen LogP contribution >= 0.6 is 11.8 Å². The Balaban J connectivity index is 1.90. The topological polar surface area (TPSA) is 57.0 Å². The first-order valence-electron chi connectivity index (χ1n) is 7.16. The molecule has 124 valence electrons. The third-order valence-electron chi connectivity index (χ3n) is 3.20. The Kier molecular flexibility index (Phi) is 4.75. The van der Waals surface area contributed by atoms with E-state index in [1.54, 1.807) is 43.3 Å². The van der Waals surface area contributed by atoms with E-state index >= 15 is 0 Å². The molecule has 5 nitrogen and oxygen atoms in total. The zero-order valence-electron chi connectivity index (χ0n) is 12.6. The number of pyridine rings is 1. The molecule has 0 radical (unpaired) electrons. The molecule has 0 bridgehead atoms. The van der Waals surface area contributed by atoms with Crippen molar-refractivity contribution in [1.29, 1.82) is 0 Å². The summed E-state index contributed by atoms with van der Waals surface area (Å²) in [6.07, 6.45) is 1.36. The third-order valence-corrected chi connectivity index (χ3v) is 4.12. The van der Waals surface area contributed by atoms with Crippen LogP contribution in [-0.2, 0) is 4.74 Å². The van der Waals surface area contributed by atoms with E-state index in [9.17, 15) is 13.6 Å². The van der Waals surface area contributed by atoms with E-state index in [0.717, 1.165) is 16.3 Å². The fraction of sp³-hybridized carbons (Fsp3) is 0.188. The summed E-state index contributed by atoms with van der Waals surface area (Å²) < 4.78 is 32.5. The Hall–Kier alpha value is -2.48. The highest BCUT2D eigenvalue weighted by atomic mass is 32.2. The molecule has 0 aliphatic rings. The van der Waals surface area contributed by atoms with Gasteiger partial charge in [-0.05, 0) is 43.0 Å². The van der Waals surface area contributed by atoms with Crippen LogP contribution in [0.4, 0.5) is 8.78 Å². The quantitative estimate of drug-likeness (QED) is 0.648. The smallest absolute Gasteiger partial charge is 0.339 e. The van der Waals surface area contributed by atoms with E-state index in [4.69, 9.17) is 4.74 Å². The Morgan fingerprint density at radius 1 is 1.29 bits per heavy atom. The lowest BCUT2D eigenvalue weighted by molar-refractivity contribution is 0.0525.